The molecule has 186 valence electrons. The number of ether oxygens (including phenoxy) is 1. The molecule has 8 nitrogen and oxygen atoms in total. The lowest BCUT2D eigenvalue weighted by Gasteiger charge is -2.28. The van der Waals surface area contributed by atoms with E-state index < -0.39 is 55.1 Å². The Morgan fingerprint density at radius 1 is 1.35 bits per heavy atom. The van der Waals surface area contributed by atoms with Gasteiger partial charge in [0.15, 0.2) is 5.82 Å². The van der Waals surface area contributed by atoms with E-state index in [1.807, 2.05) is 0 Å². The van der Waals surface area contributed by atoms with Crippen LogP contribution in [0.15, 0.2) is 16.9 Å². The Balaban J connectivity index is 1.55. The van der Waals surface area contributed by atoms with Gasteiger partial charge in [-0.15, -0.1) is 0 Å². The summed E-state index contributed by atoms with van der Waals surface area (Å²) in [6.45, 7) is -1.87. The van der Waals surface area contributed by atoms with Crippen LogP contribution in [-0.2, 0) is 30.2 Å². The third-order valence-corrected chi connectivity index (χ3v) is 6.34. The topological polar surface area (TPSA) is 92.5 Å². The zero-order chi connectivity index (χ0) is 24.7. The molecule has 0 radical (unpaired) electrons. The van der Waals surface area contributed by atoms with Crippen molar-refractivity contribution in [2.75, 3.05) is 25.1 Å². The Labute approximate surface area is 199 Å². The Bertz CT molecular complexity index is 1090. The summed E-state index contributed by atoms with van der Waals surface area (Å²) in [5.41, 5.74) is -1.84. The number of aliphatic hydroxyl groups is 1. The zero-order valence-electron chi connectivity index (χ0n) is 17.7. The van der Waals surface area contributed by atoms with Crippen molar-refractivity contribution in [2.24, 2.45) is 0 Å². The smallest absolute Gasteiger partial charge is 0.322 e. The zero-order valence-corrected chi connectivity index (χ0v) is 19.3. The van der Waals surface area contributed by atoms with E-state index >= 15 is 8.78 Å². The number of hydrogen-bond acceptors (Lipinski definition) is 5. The lowest BCUT2D eigenvalue weighted by molar-refractivity contribution is -0.0926. The number of urea groups is 1. The summed E-state index contributed by atoms with van der Waals surface area (Å²) in [5.74, 6) is -4.15. The van der Waals surface area contributed by atoms with Crippen molar-refractivity contribution < 1.29 is 36.6 Å². The lowest BCUT2D eigenvalue weighted by atomic mass is 9.95. The molecular formula is C20H21BrF5N5O3. The van der Waals surface area contributed by atoms with E-state index in [1.165, 1.54) is 17.2 Å². The van der Waals surface area contributed by atoms with Crippen molar-refractivity contribution in [1.29, 1.82) is 0 Å². The summed E-state index contributed by atoms with van der Waals surface area (Å²) in [6.07, 6.45) is -2.42. The summed E-state index contributed by atoms with van der Waals surface area (Å²) >= 11 is 2.93. The van der Waals surface area contributed by atoms with Gasteiger partial charge in [-0.25, -0.2) is 22.9 Å². The highest BCUT2D eigenvalue weighted by Gasteiger charge is 2.47. The number of aromatic nitrogens is 3. The molecule has 0 fully saturated rings. The number of nitrogens with one attached hydrogen (secondary N) is 1. The molecule has 4 rings (SSSR count). The second-order valence-corrected chi connectivity index (χ2v) is 9.08. The number of rotatable bonds is 5. The van der Waals surface area contributed by atoms with Crippen molar-refractivity contribution in [1.82, 2.24) is 19.7 Å². The molecule has 2 N–H and O–H groups in total. The number of nitrogens with zero attached hydrogens (tertiary/aromatic N) is 4. The van der Waals surface area contributed by atoms with Crippen LogP contribution in [-0.4, -0.2) is 62.6 Å². The molecule has 0 saturated carbocycles. The van der Waals surface area contributed by atoms with Gasteiger partial charge in [0.2, 0.25) is 0 Å². The summed E-state index contributed by atoms with van der Waals surface area (Å²) in [6, 6.07) is 0.584. The summed E-state index contributed by atoms with van der Waals surface area (Å²) < 4.78 is 74.9. The Morgan fingerprint density at radius 3 is 2.85 bits per heavy atom. The number of carbonyl (C=O) groups is 1. The van der Waals surface area contributed by atoms with Gasteiger partial charge in [0.1, 0.15) is 22.5 Å². The van der Waals surface area contributed by atoms with Gasteiger partial charge in [-0.05, 0) is 28.4 Å². The second kappa shape index (κ2) is 9.38. The molecule has 2 aliphatic heterocycles. The molecule has 0 spiro atoms. The number of anilines is 1. The minimum Gasteiger partial charge on any atom is -0.386 e. The molecule has 0 aromatic carbocycles. The van der Waals surface area contributed by atoms with Crippen molar-refractivity contribution in [3.8, 4) is 0 Å². The molecule has 0 bridgehead atoms. The number of hydrogen-bond donors (Lipinski definition) is 2. The Morgan fingerprint density at radius 2 is 2.12 bits per heavy atom. The first-order valence-electron chi connectivity index (χ1n) is 10.4. The Hall–Kier alpha value is -2.32. The molecule has 0 aliphatic carbocycles. The van der Waals surface area contributed by atoms with Gasteiger partial charge in [0.25, 0.3) is 12.3 Å². The number of carbonyl (C=O) groups excluding carboxylic acids is 1. The van der Waals surface area contributed by atoms with E-state index in [4.69, 9.17) is 4.74 Å². The highest BCUT2D eigenvalue weighted by atomic mass is 79.9. The predicted molar refractivity (Wildman–Crippen MR) is 112 cm³/mol. The maximum absolute atomic E-state index is 15.1. The minimum atomic E-state index is -3.38. The van der Waals surface area contributed by atoms with Crippen molar-refractivity contribution in [3.05, 3.63) is 39.6 Å². The summed E-state index contributed by atoms with van der Waals surface area (Å²) in [5, 5.41) is 17.4. The van der Waals surface area contributed by atoms with Crippen molar-refractivity contribution in [2.45, 2.75) is 50.3 Å². The van der Waals surface area contributed by atoms with E-state index in [1.54, 1.807) is 0 Å². The van der Waals surface area contributed by atoms with Gasteiger partial charge in [0, 0.05) is 31.1 Å². The van der Waals surface area contributed by atoms with Crippen LogP contribution in [0.2, 0.25) is 0 Å². The standard InChI is InChI=1S/C20H21BrF5N5O3/c21-17-15(24)13(1-5-27-17)28-18(32)30-6-2-12-11(7-30)16-20(25,26)4-3-19(33,9-31(16)29-12)10-34-8-14(22)23/h1,5,14,33H,2-4,6-10H2,(H,27,28,32)/t19-/m0/s1. The third-order valence-electron chi connectivity index (χ3n) is 5.79. The van der Waals surface area contributed by atoms with Gasteiger partial charge in [-0.3, -0.25) is 4.68 Å². The predicted octanol–water partition coefficient (Wildman–Crippen LogP) is 3.67. The Kier molecular flexibility index (Phi) is 6.84. The maximum atomic E-state index is 15.1. The average Bonchev–Trinajstić information content (AvgIpc) is 3.08. The van der Waals surface area contributed by atoms with Crippen LogP contribution in [0.3, 0.4) is 0 Å². The SMILES string of the molecule is O=C(Nc1ccnc(Br)c1F)N1CCc2nn3c(c2C1)C(F)(F)CC[C@@](O)(COCC(F)F)C3. The van der Waals surface area contributed by atoms with E-state index in [-0.39, 0.29) is 48.3 Å². The van der Waals surface area contributed by atoms with Crippen molar-refractivity contribution >= 4 is 27.6 Å². The van der Waals surface area contributed by atoms with Gasteiger partial charge in [-0.1, -0.05) is 0 Å². The van der Waals surface area contributed by atoms with Crippen LogP contribution in [0, 0.1) is 5.82 Å². The normalized spacial score (nSPS) is 21.7. The van der Waals surface area contributed by atoms with Crippen LogP contribution >= 0.6 is 15.9 Å². The molecule has 2 aromatic rings. The third kappa shape index (κ3) is 5.03. The van der Waals surface area contributed by atoms with E-state index in [9.17, 15) is 23.1 Å². The molecule has 2 aliphatic rings. The quantitative estimate of drug-likeness (QED) is 0.435. The molecule has 0 saturated heterocycles. The van der Waals surface area contributed by atoms with Gasteiger partial charge in [0.05, 0.1) is 31.1 Å². The fourth-order valence-electron chi connectivity index (χ4n) is 4.15. The van der Waals surface area contributed by atoms with Crippen molar-refractivity contribution in [3.63, 3.8) is 0 Å². The van der Waals surface area contributed by atoms with Crippen LogP contribution in [0.5, 0.6) is 0 Å². The molecule has 1 atom stereocenters. The van der Waals surface area contributed by atoms with Gasteiger partial charge in [-0.2, -0.15) is 13.9 Å². The van der Waals surface area contributed by atoms with Crippen LogP contribution in [0.4, 0.5) is 32.4 Å². The van der Waals surface area contributed by atoms with E-state index in [0.29, 0.717) is 5.69 Å². The van der Waals surface area contributed by atoms with Crippen LogP contribution in [0.25, 0.3) is 0 Å². The molecule has 14 heteroatoms. The number of alkyl halides is 4. The summed E-state index contributed by atoms with van der Waals surface area (Å²) in [7, 11) is 0. The first-order chi connectivity index (χ1) is 16.0. The number of halogens is 6. The second-order valence-electron chi connectivity index (χ2n) is 8.33. The molecule has 2 amide bonds. The number of fused-ring (bicyclic) bond motifs is 3. The molecule has 0 unspecified atom stereocenters. The first-order valence-corrected chi connectivity index (χ1v) is 11.2. The summed E-state index contributed by atoms with van der Waals surface area (Å²) in [4.78, 5) is 17.7. The molecular weight excluding hydrogens is 533 g/mol. The first kappa shape index (κ1) is 24.8. The number of amides is 2. The van der Waals surface area contributed by atoms with Gasteiger partial charge >= 0.3 is 6.03 Å². The number of pyridine rings is 1. The largest absolute Gasteiger partial charge is 0.386 e. The fourth-order valence-corrected chi connectivity index (χ4v) is 4.49. The molecule has 2 aromatic heterocycles. The fraction of sp³-hybridized carbons (Fsp3) is 0.550. The lowest BCUT2D eigenvalue weighted by Crippen LogP contribution is -2.39. The highest BCUT2D eigenvalue weighted by molar-refractivity contribution is 9.10. The van der Waals surface area contributed by atoms with E-state index in [0.717, 1.165) is 4.68 Å². The van der Waals surface area contributed by atoms with Crippen LogP contribution < -0.4 is 5.32 Å². The minimum absolute atomic E-state index is 0.0853. The molecule has 34 heavy (non-hydrogen) atoms. The molecule has 4 heterocycles. The maximum Gasteiger partial charge on any atom is 0.322 e. The van der Waals surface area contributed by atoms with E-state index in [2.05, 4.69) is 31.3 Å². The highest BCUT2D eigenvalue weighted by Crippen LogP contribution is 2.42. The van der Waals surface area contributed by atoms with Crippen LogP contribution in [0.1, 0.15) is 29.8 Å². The average molecular weight is 554 g/mol. The monoisotopic (exact) mass is 553 g/mol. The van der Waals surface area contributed by atoms with Gasteiger partial charge < -0.3 is 20.1 Å².